The molecule has 0 saturated carbocycles. The molecule has 2 aromatic carbocycles. The standard InChI is InChI=1S/C28H30N2O3/c1-20(2)18-28(25-8-6-5-7-9-25)16-17-30(27(32)33-28)21(3)22-10-12-23(13-11-22)24-14-15-26(31)29(4)19-24/h5-15,19,21H,1,16-18H2,2-4H3/t21-,28-/m0/s1. The minimum atomic E-state index is -0.673. The summed E-state index contributed by atoms with van der Waals surface area (Å²) in [4.78, 5) is 26.6. The van der Waals surface area contributed by atoms with Gasteiger partial charge >= 0.3 is 6.09 Å². The molecular weight excluding hydrogens is 412 g/mol. The second kappa shape index (κ2) is 9.10. The molecule has 0 bridgehead atoms. The van der Waals surface area contributed by atoms with E-state index in [1.54, 1.807) is 22.6 Å². The first-order valence-electron chi connectivity index (χ1n) is 11.3. The van der Waals surface area contributed by atoms with E-state index < -0.39 is 5.60 Å². The fourth-order valence-electron chi connectivity index (χ4n) is 4.58. The summed E-state index contributed by atoms with van der Waals surface area (Å²) < 4.78 is 7.71. The van der Waals surface area contributed by atoms with Crippen LogP contribution in [-0.4, -0.2) is 22.1 Å². The lowest BCUT2D eigenvalue weighted by atomic mass is 9.83. The molecule has 1 aromatic heterocycles. The lowest BCUT2D eigenvalue weighted by Gasteiger charge is -2.43. The summed E-state index contributed by atoms with van der Waals surface area (Å²) in [5, 5.41) is 0. The van der Waals surface area contributed by atoms with Crippen LogP contribution in [0.25, 0.3) is 11.1 Å². The number of hydrogen-bond acceptors (Lipinski definition) is 3. The van der Waals surface area contributed by atoms with E-state index in [2.05, 4.69) is 6.58 Å². The van der Waals surface area contributed by atoms with Gasteiger partial charge in [0, 0.05) is 38.7 Å². The van der Waals surface area contributed by atoms with Gasteiger partial charge in [0.05, 0.1) is 6.04 Å². The maximum atomic E-state index is 13.2. The average Bonchev–Trinajstić information content (AvgIpc) is 2.81. The Kier molecular flexibility index (Phi) is 6.23. The Hall–Kier alpha value is -3.60. The number of aromatic nitrogens is 1. The molecule has 0 aliphatic carbocycles. The predicted octanol–water partition coefficient (Wildman–Crippen LogP) is 5.82. The number of carbonyl (C=O) groups is 1. The highest BCUT2D eigenvalue weighted by atomic mass is 16.6. The van der Waals surface area contributed by atoms with Crippen molar-refractivity contribution in [1.82, 2.24) is 9.47 Å². The first-order valence-corrected chi connectivity index (χ1v) is 11.3. The molecule has 1 fully saturated rings. The molecule has 1 aliphatic rings. The molecule has 0 radical (unpaired) electrons. The fraction of sp³-hybridized carbons (Fsp3) is 0.286. The monoisotopic (exact) mass is 442 g/mol. The van der Waals surface area contributed by atoms with Gasteiger partial charge in [-0.3, -0.25) is 4.79 Å². The van der Waals surface area contributed by atoms with Crippen LogP contribution in [0.2, 0.25) is 0 Å². The van der Waals surface area contributed by atoms with E-state index in [0.717, 1.165) is 27.8 Å². The van der Waals surface area contributed by atoms with E-state index >= 15 is 0 Å². The van der Waals surface area contributed by atoms with Crippen molar-refractivity contribution in [1.29, 1.82) is 0 Å². The topological polar surface area (TPSA) is 51.5 Å². The molecule has 5 heteroatoms. The quantitative estimate of drug-likeness (QED) is 0.452. The van der Waals surface area contributed by atoms with Crippen LogP contribution in [0.4, 0.5) is 4.79 Å². The third-order valence-corrected chi connectivity index (χ3v) is 6.44. The van der Waals surface area contributed by atoms with Gasteiger partial charge in [0.1, 0.15) is 5.60 Å². The number of aryl methyl sites for hydroxylation is 1. The molecule has 2 atom stereocenters. The Balaban J connectivity index is 1.53. The Morgan fingerprint density at radius 1 is 1.03 bits per heavy atom. The van der Waals surface area contributed by atoms with Crippen LogP contribution in [-0.2, 0) is 17.4 Å². The van der Waals surface area contributed by atoms with Crippen LogP contribution < -0.4 is 5.56 Å². The zero-order valence-electron chi connectivity index (χ0n) is 19.5. The van der Waals surface area contributed by atoms with E-state index in [1.165, 1.54) is 0 Å². The smallest absolute Gasteiger partial charge is 0.411 e. The van der Waals surface area contributed by atoms with Gasteiger partial charge in [-0.15, -0.1) is 0 Å². The molecule has 0 spiro atoms. The van der Waals surface area contributed by atoms with Gasteiger partial charge < -0.3 is 14.2 Å². The SMILES string of the molecule is C=C(C)C[C@]1(c2ccccc2)CCN([C@@H](C)c2ccc(-c3ccc(=O)n(C)c3)cc2)C(=O)O1. The first kappa shape index (κ1) is 22.6. The van der Waals surface area contributed by atoms with Crippen LogP contribution in [0, 0.1) is 0 Å². The molecule has 2 heterocycles. The average molecular weight is 443 g/mol. The molecule has 4 rings (SSSR count). The Labute approximate surface area is 194 Å². The number of rotatable bonds is 6. The molecule has 1 amide bonds. The minimum absolute atomic E-state index is 0.0363. The normalized spacial score (nSPS) is 19.1. The highest BCUT2D eigenvalue weighted by molar-refractivity contribution is 5.70. The summed E-state index contributed by atoms with van der Waals surface area (Å²) in [7, 11) is 1.74. The summed E-state index contributed by atoms with van der Waals surface area (Å²) in [6.07, 6.45) is 2.84. The molecule has 1 aliphatic heterocycles. The van der Waals surface area contributed by atoms with Gasteiger partial charge in [-0.05, 0) is 42.2 Å². The van der Waals surface area contributed by atoms with Crippen molar-refractivity contribution in [2.45, 2.75) is 38.3 Å². The van der Waals surface area contributed by atoms with Crippen molar-refractivity contribution in [2.24, 2.45) is 7.05 Å². The summed E-state index contributed by atoms with van der Waals surface area (Å²) in [6.45, 7) is 8.66. The van der Waals surface area contributed by atoms with Gasteiger partial charge in [-0.25, -0.2) is 4.79 Å². The van der Waals surface area contributed by atoms with Gasteiger partial charge in [0.2, 0.25) is 5.56 Å². The molecule has 3 aromatic rings. The summed E-state index contributed by atoms with van der Waals surface area (Å²) in [6, 6.07) is 21.4. The minimum Gasteiger partial charge on any atom is -0.437 e. The molecular formula is C28H30N2O3. The summed E-state index contributed by atoms with van der Waals surface area (Å²) in [5.41, 5.74) is 4.32. The number of pyridine rings is 1. The summed E-state index contributed by atoms with van der Waals surface area (Å²) >= 11 is 0. The molecule has 0 unspecified atom stereocenters. The van der Waals surface area contributed by atoms with Gasteiger partial charge in [-0.1, -0.05) is 66.7 Å². The highest BCUT2D eigenvalue weighted by Crippen LogP contribution is 2.41. The second-order valence-corrected chi connectivity index (χ2v) is 8.97. The number of carbonyl (C=O) groups excluding carboxylic acids is 1. The van der Waals surface area contributed by atoms with E-state index in [9.17, 15) is 9.59 Å². The Bertz CT molecular complexity index is 1210. The van der Waals surface area contributed by atoms with E-state index in [-0.39, 0.29) is 17.7 Å². The number of cyclic esters (lactones) is 1. The van der Waals surface area contributed by atoms with Gasteiger partial charge in [0.25, 0.3) is 0 Å². The maximum Gasteiger partial charge on any atom is 0.411 e. The predicted molar refractivity (Wildman–Crippen MR) is 131 cm³/mol. The van der Waals surface area contributed by atoms with Crippen LogP contribution in [0.15, 0.2) is 89.9 Å². The highest BCUT2D eigenvalue weighted by Gasteiger charge is 2.43. The lowest BCUT2D eigenvalue weighted by molar-refractivity contribution is -0.0602. The third kappa shape index (κ3) is 4.63. The number of benzene rings is 2. The van der Waals surface area contributed by atoms with Crippen molar-refractivity contribution in [3.8, 4) is 11.1 Å². The zero-order chi connectivity index (χ0) is 23.6. The van der Waals surface area contributed by atoms with Crippen LogP contribution >= 0.6 is 0 Å². The molecule has 170 valence electrons. The maximum absolute atomic E-state index is 13.2. The molecule has 33 heavy (non-hydrogen) atoms. The molecule has 1 saturated heterocycles. The largest absolute Gasteiger partial charge is 0.437 e. The van der Waals surface area contributed by atoms with Gasteiger partial charge in [0.15, 0.2) is 0 Å². The second-order valence-electron chi connectivity index (χ2n) is 8.97. The van der Waals surface area contributed by atoms with E-state index in [4.69, 9.17) is 4.74 Å². The number of hydrogen-bond donors (Lipinski definition) is 0. The van der Waals surface area contributed by atoms with Gasteiger partial charge in [-0.2, -0.15) is 0 Å². The van der Waals surface area contributed by atoms with E-state index in [0.29, 0.717) is 19.4 Å². The zero-order valence-corrected chi connectivity index (χ0v) is 19.5. The van der Waals surface area contributed by atoms with Crippen molar-refractivity contribution >= 4 is 6.09 Å². The number of nitrogens with zero attached hydrogens (tertiary/aromatic N) is 2. The number of amides is 1. The lowest BCUT2D eigenvalue weighted by Crippen LogP contribution is -2.48. The van der Waals surface area contributed by atoms with E-state index in [1.807, 2.05) is 80.7 Å². The third-order valence-electron chi connectivity index (χ3n) is 6.44. The Morgan fingerprint density at radius 2 is 1.70 bits per heavy atom. The van der Waals surface area contributed by atoms with Crippen LogP contribution in [0.5, 0.6) is 0 Å². The van der Waals surface area contributed by atoms with Crippen molar-refractivity contribution < 1.29 is 9.53 Å². The molecule has 5 nitrogen and oxygen atoms in total. The van der Waals surface area contributed by atoms with Crippen LogP contribution in [0.3, 0.4) is 0 Å². The van der Waals surface area contributed by atoms with Crippen molar-refractivity contribution in [3.05, 3.63) is 107 Å². The van der Waals surface area contributed by atoms with Crippen molar-refractivity contribution in [3.63, 3.8) is 0 Å². The van der Waals surface area contributed by atoms with Crippen LogP contribution in [0.1, 0.15) is 43.9 Å². The molecule has 0 N–H and O–H groups in total. The fourth-order valence-corrected chi connectivity index (χ4v) is 4.58. The summed E-state index contributed by atoms with van der Waals surface area (Å²) in [5.74, 6) is 0. The van der Waals surface area contributed by atoms with Crippen molar-refractivity contribution in [2.75, 3.05) is 6.54 Å². The number of ether oxygens (including phenoxy) is 1. The first-order chi connectivity index (χ1) is 15.8. The Morgan fingerprint density at radius 3 is 2.30 bits per heavy atom.